The summed E-state index contributed by atoms with van der Waals surface area (Å²) in [5.74, 6) is -1.05. The third kappa shape index (κ3) is 9.96. The van der Waals surface area contributed by atoms with Crippen molar-refractivity contribution in [2.75, 3.05) is 6.54 Å². The van der Waals surface area contributed by atoms with Crippen molar-refractivity contribution in [3.63, 3.8) is 0 Å². The molecule has 0 aromatic rings. The maximum Gasteiger partial charge on any atom is 0.224 e. The number of rotatable bonds is 8. The zero-order chi connectivity index (χ0) is 25.0. The first-order valence-electron chi connectivity index (χ1n) is 12.4. The number of nitrogens with one attached hydrogen (secondary N) is 3. The first-order chi connectivity index (χ1) is 15.5. The molecule has 1 heterocycles. The van der Waals surface area contributed by atoms with E-state index in [2.05, 4.69) is 22.5 Å². The second-order valence-corrected chi connectivity index (χ2v) is 9.74. The Morgan fingerprint density at radius 1 is 1.21 bits per heavy atom. The van der Waals surface area contributed by atoms with Gasteiger partial charge in [-0.25, -0.2) is 0 Å². The van der Waals surface area contributed by atoms with Crippen molar-refractivity contribution in [1.29, 1.82) is 0 Å². The lowest BCUT2D eigenvalue weighted by atomic mass is 9.82. The van der Waals surface area contributed by atoms with E-state index < -0.39 is 17.5 Å². The van der Waals surface area contributed by atoms with Gasteiger partial charge in [-0.2, -0.15) is 0 Å². The molecule has 0 bridgehead atoms. The van der Waals surface area contributed by atoms with Crippen LogP contribution in [-0.2, 0) is 19.2 Å². The van der Waals surface area contributed by atoms with Crippen LogP contribution in [0.3, 0.4) is 0 Å². The lowest BCUT2D eigenvalue weighted by Gasteiger charge is -2.32. The summed E-state index contributed by atoms with van der Waals surface area (Å²) >= 11 is 0. The summed E-state index contributed by atoms with van der Waals surface area (Å²) in [6.45, 7) is 11.4. The van der Waals surface area contributed by atoms with Gasteiger partial charge in [0, 0.05) is 31.2 Å². The number of carbonyl (C=O) groups is 4. The van der Waals surface area contributed by atoms with Crippen molar-refractivity contribution in [3.8, 4) is 0 Å². The number of amides is 2. The van der Waals surface area contributed by atoms with Crippen LogP contribution in [0.25, 0.3) is 0 Å². The highest BCUT2D eigenvalue weighted by molar-refractivity contribution is 5.96. The molecule has 0 unspecified atom stereocenters. The molecule has 1 aliphatic heterocycles. The van der Waals surface area contributed by atoms with Crippen LogP contribution in [0.5, 0.6) is 0 Å². The van der Waals surface area contributed by atoms with Gasteiger partial charge < -0.3 is 21.7 Å². The minimum Gasteiger partial charge on any atom is -0.386 e. The van der Waals surface area contributed by atoms with Gasteiger partial charge in [0.2, 0.25) is 11.8 Å². The SMILES string of the molecule is C=C(N)NCCC[C@@H]1CC(=O)[C@@](C)(NC(=O)C(C)C)CCCCCCC(=O)[C@H](CC)NC1=O. The average Bonchev–Trinajstić information content (AvgIpc) is 2.74. The molecule has 0 aromatic heterocycles. The molecule has 0 aromatic carbocycles. The van der Waals surface area contributed by atoms with Gasteiger partial charge in [-0.1, -0.05) is 46.6 Å². The Bertz CT molecular complexity index is 707. The first kappa shape index (κ1) is 28.7. The van der Waals surface area contributed by atoms with Gasteiger partial charge in [-0.15, -0.1) is 0 Å². The van der Waals surface area contributed by atoms with Crippen LogP contribution in [0.15, 0.2) is 12.4 Å². The number of carbonyl (C=O) groups excluding carboxylic acids is 4. The van der Waals surface area contributed by atoms with E-state index in [1.54, 1.807) is 20.8 Å². The highest BCUT2D eigenvalue weighted by Crippen LogP contribution is 2.24. The van der Waals surface area contributed by atoms with E-state index in [1.165, 1.54) is 0 Å². The molecule has 0 spiro atoms. The summed E-state index contributed by atoms with van der Waals surface area (Å²) in [7, 11) is 0. The van der Waals surface area contributed by atoms with E-state index in [9.17, 15) is 19.2 Å². The summed E-state index contributed by atoms with van der Waals surface area (Å²) in [6.07, 6.45) is 5.83. The molecule has 3 atom stereocenters. The van der Waals surface area contributed by atoms with Crippen molar-refractivity contribution in [3.05, 3.63) is 12.4 Å². The van der Waals surface area contributed by atoms with E-state index in [-0.39, 0.29) is 35.7 Å². The van der Waals surface area contributed by atoms with Crippen LogP contribution >= 0.6 is 0 Å². The lowest BCUT2D eigenvalue weighted by molar-refractivity contribution is -0.137. The largest absolute Gasteiger partial charge is 0.386 e. The van der Waals surface area contributed by atoms with Crippen LogP contribution < -0.4 is 21.7 Å². The summed E-state index contributed by atoms with van der Waals surface area (Å²) < 4.78 is 0. The van der Waals surface area contributed by atoms with Crippen molar-refractivity contribution in [1.82, 2.24) is 16.0 Å². The maximum atomic E-state index is 13.5. The number of ketones is 2. The highest BCUT2D eigenvalue weighted by atomic mass is 16.2. The topological polar surface area (TPSA) is 130 Å². The van der Waals surface area contributed by atoms with Crippen molar-refractivity contribution >= 4 is 23.4 Å². The Labute approximate surface area is 198 Å². The third-order valence-electron chi connectivity index (χ3n) is 6.39. The predicted molar refractivity (Wildman–Crippen MR) is 130 cm³/mol. The monoisotopic (exact) mass is 464 g/mol. The Hall–Kier alpha value is -2.38. The molecule has 8 nitrogen and oxygen atoms in total. The molecule has 1 aliphatic rings. The second kappa shape index (κ2) is 14.0. The standard InChI is InChI=1S/C25H44N4O4/c1-6-20-21(30)13-9-7-8-10-14-25(5,29-23(32)17(2)3)22(31)16-19(24(33)28-20)12-11-15-27-18(4)26/h17,19-20,27H,4,6-16,26H2,1-3,5H3,(H,28,33)(H,29,32)/t19-,20+,25+/m1/s1. The van der Waals surface area contributed by atoms with Crippen LogP contribution in [-0.4, -0.2) is 41.5 Å². The van der Waals surface area contributed by atoms with Gasteiger partial charge in [0.15, 0.2) is 11.6 Å². The minimum absolute atomic E-state index is 0.00883. The molecule has 1 rings (SSSR count). The zero-order valence-electron chi connectivity index (χ0n) is 20.9. The molecule has 0 saturated carbocycles. The average molecular weight is 465 g/mol. The fourth-order valence-corrected chi connectivity index (χ4v) is 4.07. The Kier molecular flexibility index (Phi) is 12.2. The molecule has 0 aliphatic carbocycles. The minimum atomic E-state index is -1.02. The van der Waals surface area contributed by atoms with Gasteiger partial charge in [0.1, 0.15) is 0 Å². The van der Waals surface area contributed by atoms with Crippen LogP contribution in [0, 0.1) is 11.8 Å². The van der Waals surface area contributed by atoms with E-state index in [0.717, 1.165) is 25.7 Å². The van der Waals surface area contributed by atoms with Crippen molar-refractivity contribution < 1.29 is 19.2 Å². The van der Waals surface area contributed by atoms with Gasteiger partial charge >= 0.3 is 0 Å². The molecule has 2 amide bonds. The number of hydrogen-bond acceptors (Lipinski definition) is 6. The molecule has 33 heavy (non-hydrogen) atoms. The first-order valence-corrected chi connectivity index (χ1v) is 12.4. The summed E-state index contributed by atoms with van der Waals surface area (Å²) in [6, 6.07) is -0.535. The highest BCUT2D eigenvalue weighted by Gasteiger charge is 2.37. The molecule has 1 saturated heterocycles. The maximum absolute atomic E-state index is 13.5. The third-order valence-corrected chi connectivity index (χ3v) is 6.39. The number of Topliss-reactive ketones (excluding diaryl/α,β-unsaturated/α-hetero) is 2. The van der Waals surface area contributed by atoms with Crippen LogP contribution in [0.4, 0.5) is 0 Å². The molecule has 8 heteroatoms. The smallest absolute Gasteiger partial charge is 0.224 e. The molecule has 1 fully saturated rings. The zero-order valence-corrected chi connectivity index (χ0v) is 20.9. The van der Waals surface area contributed by atoms with Gasteiger partial charge in [-0.3, -0.25) is 19.2 Å². The molecular weight excluding hydrogens is 420 g/mol. The van der Waals surface area contributed by atoms with Gasteiger partial charge in [0.05, 0.1) is 17.4 Å². The quantitative estimate of drug-likeness (QED) is 0.409. The van der Waals surface area contributed by atoms with Gasteiger partial charge in [-0.05, 0) is 39.0 Å². The fraction of sp³-hybridized carbons (Fsp3) is 0.760. The number of nitrogens with two attached hydrogens (primary N) is 1. The van der Waals surface area contributed by atoms with E-state index in [4.69, 9.17) is 5.73 Å². The normalized spacial score (nSPS) is 25.8. The van der Waals surface area contributed by atoms with E-state index in [1.807, 2.05) is 6.92 Å². The summed E-state index contributed by atoms with van der Waals surface area (Å²) in [5.41, 5.74) is 4.53. The van der Waals surface area contributed by atoms with E-state index in [0.29, 0.717) is 44.5 Å². The lowest BCUT2D eigenvalue weighted by Crippen LogP contribution is -2.54. The van der Waals surface area contributed by atoms with E-state index >= 15 is 0 Å². The molecule has 188 valence electrons. The molecule has 0 radical (unpaired) electrons. The molecule has 5 N–H and O–H groups in total. The van der Waals surface area contributed by atoms with Crippen LogP contribution in [0.1, 0.15) is 91.9 Å². The van der Waals surface area contributed by atoms with Crippen molar-refractivity contribution in [2.24, 2.45) is 17.6 Å². The Morgan fingerprint density at radius 3 is 2.48 bits per heavy atom. The van der Waals surface area contributed by atoms with Crippen LogP contribution in [0.2, 0.25) is 0 Å². The van der Waals surface area contributed by atoms with Crippen molar-refractivity contribution in [2.45, 2.75) is 103 Å². The fourth-order valence-electron chi connectivity index (χ4n) is 4.07. The number of hydrogen-bond donors (Lipinski definition) is 4. The Balaban J connectivity index is 3.12. The molecular formula is C25H44N4O4. The summed E-state index contributed by atoms with van der Waals surface area (Å²) in [5, 5.41) is 8.77. The summed E-state index contributed by atoms with van der Waals surface area (Å²) in [4.78, 5) is 51.7. The van der Waals surface area contributed by atoms with Gasteiger partial charge in [0.25, 0.3) is 0 Å². The second-order valence-electron chi connectivity index (χ2n) is 9.74. The Morgan fingerprint density at radius 2 is 1.88 bits per heavy atom. The predicted octanol–water partition coefficient (Wildman–Crippen LogP) is 2.71.